The molecule has 0 radical (unpaired) electrons. The van der Waals surface area contributed by atoms with E-state index in [1.165, 1.54) is 25.9 Å². The fourth-order valence-corrected chi connectivity index (χ4v) is 2.05. The van der Waals surface area contributed by atoms with Gasteiger partial charge in [0.05, 0.1) is 6.10 Å². The largest absolute Gasteiger partial charge is 0.461 e. The minimum Gasteiger partial charge on any atom is -0.461 e. The zero-order valence-electron chi connectivity index (χ0n) is 11.6. The highest BCUT2D eigenvalue weighted by molar-refractivity contribution is 5.32. The van der Waals surface area contributed by atoms with Crippen LogP contribution in [0.25, 0.3) is 0 Å². The van der Waals surface area contributed by atoms with Crippen molar-refractivity contribution in [2.24, 2.45) is 0 Å². The molecule has 1 saturated heterocycles. The van der Waals surface area contributed by atoms with Crippen LogP contribution in [0.1, 0.15) is 26.7 Å². The Labute approximate surface area is 113 Å². The molecular formula is C12H22N6O. The monoisotopic (exact) mass is 266 g/mol. The van der Waals surface area contributed by atoms with Crippen LogP contribution in [0.2, 0.25) is 0 Å². The average molecular weight is 266 g/mol. The molecule has 0 saturated carbocycles. The van der Waals surface area contributed by atoms with Crippen LogP contribution < -0.4 is 15.8 Å². The quantitative estimate of drug-likeness (QED) is 0.785. The molecule has 0 aromatic carbocycles. The van der Waals surface area contributed by atoms with E-state index >= 15 is 0 Å². The second kappa shape index (κ2) is 6.51. The summed E-state index contributed by atoms with van der Waals surface area (Å²) in [6.07, 6.45) is 2.61. The molecule has 2 rings (SSSR count). The highest BCUT2D eigenvalue weighted by Gasteiger charge is 2.11. The maximum Gasteiger partial charge on any atom is 0.323 e. The molecule has 0 amide bonds. The second-order valence-corrected chi connectivity index (χ2v) is 4.94. The molecule has 7 heteroatoms. The fraction of sp³-hybridized carbons (Fsp3) is 0.750. The summed E-state index contributed by atoms with van der Waals surface area (Å²) in [6, 6.07) is 0.270. The molecule has 1 fully saturated rings. The third-order valence-corrected chi connectivity index (χ3v) is 2.88. The lowest BCUT2D eigenvalue weighted by atomic mass is 10.4. The first kappa shape index (κ1) is 13.8. The van der Waals surface area contributed by atoms with Gasteiger partial charge in [0.25, 0.3) is 0 Å². The Morgan fingerprint density at radius 1 is 1.26 bits per heavy atom. The number of nitrogen functional groups attached to an aromatic ring is 1. The number of nitrogens with zero attached hydrogens (tertiary/aromatic N) is 4. The van der Waals surface area contributed by atoms with E-state index in [-0.39, 0.29) is 18.1 Å². The van der Waals surface area contributed by atoms with E-state index in [4.69, 9.17) is 10.5 Å². The molecule has 19 heavy (non-hydrogen) atoms. The number of ether oxygens (including phenoxy) is 1. The minimum atomic E-state index is 0.0132. The molecule has 0 aliphatic carbocycles. The van der Waals surface area contributed by atoms with E-state index < -0.39 is 0 Å². The molecule has 7 nitrogen and oxygen atoms in total. The number of likely N-dealkylation sites (tertiary alicyclic amines) is 1. The Bertz CT molecular complexity index is 405. The van der Waals surface area contributed by atoms with Crippen molar-refractivity contribution >= 4 is 11.9 Å². The van der Waals surface area contributed by atoms with E-state index in [1.54, 1.807) is 0 Å². The van der Waals surface area contributed by atoms with E-state index in [9.17, 15) is 0 Å². The summed E-state index contributed by atoms with van der Waals surface area (Å²) in [4.78, 5) is 14.6. The Morgan fingerprint density at radius 2 is 2.00 bits per heavy atom. The molecule has 3 N–H and O–H groups in total. The van der Waals surface area contributed by atoms with Gasteiger partial charge < -0.3 is 20.7 Å². The highest BCUT2D eigenvalue weighted by atomic mass is 16.5. The number of hydrogen-bond donors (Lipinski definition) is 2. The number of rotatable bonds is 6. The lowest BCUT2D eigenvalue weighted by molar-refractivity contribution is 0.222. The van der Waals surface area contributed by atoms with E-state index in [1.807, 2.05) is 13.8 Å². The van der Waals surface area contributed by atoms with Gasteiger partial charge in [0.1, 0.15) is 0 Å². The van der Waals surface area contributed by atoms with Crippen molar-refractivity contribution in [3.05, 3.63) is 0 Å². The van der Waals surface area contributed by atoms with Crippen LogP contribution in [-0.2, 0) is 0 Å². The van der Waals surface area contributed by atoms with Crippen LogP contribution in [0, 0.1) is 0 Å². The summed E-state index contributed by atoms with van der Waals surface area (Å²) in [7, 11) is 0. The zero-order valence-corrected chi connectivity index (χ0v) is 11.6. The van der Waals surface area contributed by atoms with E-state index in [0.29, 0.717) is 5.95 Å². The lowest BCUT2D eigenvalue weighted by Crippen LogP contribution is -2.26. The molecule has 1 aromatic heterocycles. The summed E-state index contributed by atoms with van der Waals surface area (Å²) < 4.78 is 5.42. The summed E-state index contributed by atoms with van der Waals surface area (Å²) >= 11 is 0. The fourth-order valence-electron chi connectivity index (χ4n) is 2.05. The number of hydrogen-bond acceptors (Lipinski definition) is 7. The molecule has 0 spiro atoms. The number of anilines is 2. The maximum atomic E-state index is 5.64. The first-order chi connectivity index (χ1) is 9.13. The summed E-state index contributed by atoms with van der Waals surface area (Å²) in [6.45, 7) is 7.99. The molecule has 2 heterocycles. The van der Waals surface area contributed by atoms with Gasteiger partial charge in [-0.15, -0.1) is 0 Å². The third-order valence-electron chi connectivity index (χ3n) is 2.88. The normalized spacial score (nSPS) is 15.9. The molecular weight excluding hydrogens is 244 g/mol. The van der Waals surface area contributed by atoms with Crippen molar-refractivity contribution in [1.29, 1.82) is 0 Å². The Hall–Kier alpha value is -1.63. The van der Waals surface area contributed by atoms with Gasteiger partial charge in [-0.1, -0.05) is 0 Å². The Kier molecular flexibility index (Phi) is 4.73. The topological polar surface area (TPSA) is 89.2 Å². The SMILES string of the molecule is CC(C)Oc1nc(N)nc(NCCN2CCCC2)n1. The molecule has 1 aromatic rings. The Balaban J connectivity index is 1.86. The van der Waals surface area contributed by atoms with Crippen molar-refractivity contribution < 1.29 is 4.74 Å². The maximum absolute atomic E-state index is 5.64. The third kappa shape index (κ3) is 4.51. The molecule has 0 unspecified atom stereocenters. The molecule has 106 valence electrons. The van der Waals surface area contributed by atoms with Crippen molar-refractivity contribution in [2.75, 3.05) is 37.2 Å². The summed E-state index contributed by atoms with van der Waals surface area (Å²) in [5.41, 5.74) is 5.64. The van der Waals surface area contributed by atoms with Gasteiger partial charge in [0, 0.05) is 13.1 Å². The van der Waals surface area contributed by atoms with Gasteiger partial charge in [0.15, 0.2) is 0 Å². The van der Waals surface area contributed by atoms with Gasteiger partial charge in [-0.3, -0.25) is 0 Å². The predicted molar refractivity (Wildman–Crippen MR) is 74.2 cm³/mol. The molecule has 1 aliphatic heterocycles. The molecule has 0 bridgehead atoms. The van der Waals surface area contributed by atoms with Gasteiger partial charge in [-0.25, -0.2) is 0 Å². The first-order valence-electron chi connectivity index (χ1n) is 6.78. The van der Waals surface area contributed by atoms with Crippen LogP contribution in [0.3, 0.4) is 0 Å². The smallest absolute Gasteiger partial charge is 0.323 e. The van der Waals surface area contributed by atoms with Crippen LogP contribution >= 0.6 is 0 Å². The first-order valence-corrected chi connectivity index (χ1v) is 6.78. The summed E-state index contributed by atoms with van der Waals surface area (Å²) in [5, 5.41) is 3.16. The van der Waals surface area contributed by atoms with Crippen LogP contribution in [0.4, 0.5) is 11.9 Å². The van der Waals surface area contributed by atoms with Crippen molar-refractivity contribution in [1.82, 2.24) is 19.9 Å². The number of nitrogens with one attached hydrogen (secondary N) is 1. The zero-order chi connectivity index (χ0) is 13.7. The Morgan fingerprint density at radius 3 is 2.68 bits per heavy atom. The standard InChI is InChI=1S/C12H22N6O/c1-9(2)19-12-16-10(13)15-11(17-12)14-5-8-18-6-3-4-7-18/h9H,3-8H2,1-2H3,(H3,13,14,15,16,17). The molecule has 0 atom stereocenters. The van der Waals surface area contributed by atoms with Crippen molar-refractivity contribution in [3.63, 3.8) is 0 Å². The lowest BCUT2D eigenvalue weighted by Gasteiger charge is -2.15. The van der Waals surface area contributed by atoms with Gasteiger partial charge >= 0.3 is 6.01 Å². The van der Waals surface area contributed by atoms with E-state index in [0.717, 1.165) is 13.1 Å². The van der Waals surface area contributed by atoms with Crippen molar-refractivity contribution in [3.8, 4) is 6.01 Å². The number of nitrogens with two attached hydrogens (primary N) is 1. The average Bonchev–Trinajstić information content (AvgIpc) is 2.80. The van der Waals surface area contributed by atoms with Gasteiger partial charge in [-0.2, -0.15) is 15.0 Å². The van der Waals surface area contributed by atoms with E-state index in [2.05, 4.69) is 25.2 Å². The second-order valence-electron chi connectivity index (χ2n) is 4.94. The van der Waals surface area contributed by atoms with Crippen LogP contribution in [0.15, 0.2) is 0 Å². The van der Waals surface area contributed by atoms with Crippen molar-refractivity contribution in [2.45, 2.75) is 32.8 Å². The van der Waals surface area contributed by atoms with Gasteiger partial charge in [-0.05, 0) is 39.8 Å². The minimum absolute atomic E-state index is 0.0132. The van der Waals surface area contributed by atoms with Gasteiger partial charge in [0.2, 0.25) is 11.9 Å². The predicted octanol–water partition coefficient (Wildman–Crippen LogP) is 0.749. The van der Waals surface area contributed by atoms with Crippen LogP contribution in [-0.4, -0.2) is 52.1 Å². The van der Waals surface area contributed by atoms with Crippen LogP contribution in [0.5, 0.6) is 6.01 Å². The highest BCUT2D eigenvalue weighted by Crippen LogP contribution is 2.11. The summed E-state index contributed by atoms with van der Waals surface area (Å²) in [5.74, 6) is 0.650. The number of aromatic nitrogens is 3. The molecule has 1 aliphatic rings.